The van der Waals surface area contributed by atoms with E-state index in [1.54, 1.807) is 4.90 Å². The number of hydrogen-bond acceptors (Lipinski definition) is 7. The third-order valence-electron chi connectivity index (χ3n) is 15.1. The maximum absolute atomic E-state index is 13.9. The Bertz CT molecular complexity index is 1510. The molecule has 0 aliphatic heterocycles. The van der Waals surface area contributed by atoms with Crippen LogP contribution in [0.15, 0.2) is 11.6 Å². The molecule has 3 saturated carbocycles. The van der Waals surface area contributed by atoms with E-state index in [4.69, 9.17) is 14.2 Å². The molecule has 3 fully saturated rings. The Labute approximate surface area is 371 Å². The Morgan fingerprint density at radius 3 is 1.87 bits per heavy atom. The van der Waals surface area contributed by atoms with Crippen molar-refractivity contribution in [3.05, 3.63) is 11.6 Å². The summed E-state index contributed by atoms with van der Waals surface area (Å²) in [5.74, 6) is 4.21. The number of alkyl carbamates (subject to hydrolysis) is 2. The zero-order valence-corrected chi connectivity index (χ0v) is 41.4. The minimum absolute atomic E-state index is 0.00325. The van der Waals surface area contributed by atoms with Crippen molar-refractivity contribution in [2.75, 3.05) is 13.1 Å². The monoisotopic (exact) mass is 856 g/mol. The number of rotatable bonds is 17. The highest BCUT2D eigenvalue weighted by molar-refractivity contribution is 5.81. The van der Waals surface area contributed by atoms with Gasteiger partial charge in [0, 0.05) is 37.0 Å². The summed E-state index contributed by atoms with van der Waals surface area (Å²) in [7, 11) is 0. The predicted octanol–water partition coefficient (Wildman–Crippen LogP) is 11.9. The van der Waals surface area contributed by atoms with Gasteiger partial charge in [-0.1, -0.05) is 65.5 Å². The molecule has 3 amide bonds. The molecule has 350 valence electrons. The van der Waals surface area contributed by atoms with Crippen LogP contribution in [-0.4, -0.2) is 70.4 Å². The number of fused-ring (bicyclic) bond motifs is 5. The first-order valence-electron chi connectivity index (χ1n) is 24.2. The van der Waals surface area contributed by atoms with Crippen LogP contribution < -0.4 is 10.6 Å². The van der Waals surface area contributed by atoms with E-state index in [1.165, 1.54) is 50.5 Å². The van der Waals surface area contributed by atoms with Crippen LogP contribution in [0.4, 0.5) is 9.59 Å². The Hall–Kier alpha value is -2.78. The molecule has 0 spiro atoms. The Kier molecular flexibility index (Phi) is 16.6. The van der Waals surface area contributed by atoms with Crippen LogP contribution in [0, 0.1) is 46.3 Å². The molecular weight excluding hydrogens is 767 g/mol. The van der Waals surface area contributed by atoms with Crippen LogP contribution >= 0.6 is 0 Å². The fraction of sp³-hybridized carbons (Fsp3) is 0.882. The summed E-state index contributed by atoms with van der Waals surface area (Å²) in [6.45, 7) is 31.6. The second-order valence-corrected chi connectivity index (χ2v) is 24.0. The first-order valence-corrected chi connectivity index (χ1v) is 24.2. The van der Waals surface area contributed by atoms with E-state index >= 15 is 0 Å². The van der Waals surface area contributed by atoms with E-state index in [9.17, 15) is 19.2 Å². The predicted molar refractivity (Wildman–Crippen MR) is 245 cm³/mol. The maximum atomic E-state index is 13.9. The first kappa shape index (κ1) is 50.9. The highest BCUT2D eigenvalue weighted by Gasteiger charge is 2.59. The summed E-state index contributed by atoms with van der Waals surface area (Å²) in [5, 5.41) is 5.87. The van der Waals surface area contributed by atoms with Crippen LogP contribution in [0.3, 0.4) is 0 Å². The number of hydrogen-bond donors (Lipinski definition) is 2. The van der Waals surface area contributed by atoms with E-state index in [2.05, 4.69) is 51.3 Å². The van der Waals surface area contributed by atoms with Crippen molar-refractivity contribution in [1.82, 2.24) is 15.5 Å². The van der Waals surface area contributed by atoms with Gasteiger partial charge in [-0.25, -0.2) is 9.59 Å². The molecule has 0 heterocycles. The van der Waals surface area contributed by atoms with E-state index in [-0.39, 0.29) is 36.2 Å². The van der Waals surface area contributed by atoms with Gasteiger partial charge >= 0.3 is 18.2 Å². The van der Waals surface area contributed by atoms with Crippen molar-refractivity contribution in [1.29, 1.82) is 0 Å². The number of allylic oxidation sites excluding steroid dienone is 1. The molecule has 61 heavy (non-hydrogen) atoms. The molecule has 0 aromatic carbocycles. The van der Waals surface area contributed by atoms with E-state index < -0.39 is 34.5 Å². The summed E-state index contributed by atoms with van der Waals surface area (Å²) in [6, 6.07) is 0. The molecular formula is C51H89N3O7. The molecule has 10 heteroatoms. The summed E-state index contributed by atoms with van der Waals surface area (Å²) < 4.78 is 17.1. The molecule has 4 aliphatic rings. The number of nitrogens with zero attached hydrogens (tertiary/aromatic N) is 1. The lowest BCUT2D eigenvalue weighted by Crippen LogP contribution is -2.51. The second-order valence-electron chi connectivity index (χ2n) is 24.0. The highest BCUT2D eigenvalue weighted by Crippen LogP contribution is 2.67. The molecule has 4 aliphatic carbocycles. The first-order chi connectivity index (χ1) is 28.0. The number of carbonyl (C=O) groups is 4. The largest absolute Gasteiger partial charge is 0.462 e. The molecule has 4 unspecified atom stereocenters. The lowest BCUT2D eigenvalue weighted by molar-refractivity contribution is -0.153. The zero-order valence-electron chi connectivity index (χ0n) is 41.4. The van der Waals surface area contributed by atoms with Gasteiger partial charge in [0.25, 0.3) is 0 Å². The van der Waals surface area contributed by atoms with Crippen molar-refractivity contribution in [2.24, 2.45) is 46.3 Å². The maximum Gasteiger partial charge on any atom is 0.408 e. The lowest BCUT2D eigenvalue weighted by atomic mass is 9.47. The molecule has 8 atom stereocenters. The number of carbonyl (C=O) groups excluding carboxylic acids is 4. The third kappa shape index (κ3) is 14.4. The van der Waals surface area contributed by atoms with Gasteiger partial charge in [0.2, 0.25) is 5.91 Å². The molecule has 2 N–H and O–H groups in total. The minimum atomic E-state index is -0.671. The fourth-order valence-electron chi connectivity index (χ4n) is 11.8. The highest BCUT2D eigenvalue weighted by atomic mass is 16.6. The van der Waals surface area contributed by atoms with Gasteiger partial charge in [-0.3, -0.25) is 9.59 Å². The Morgan fingerprint density at radius 1 is 0.754 bits per heavy atom. The number of ether oxygens (including phenoxy) is 3. The molecule has 0 aromatic heterocycles. The van der Waals surface area contributed by atoms with Gasteiger partial charge in [-0.15, -0.1) is 0 Å². The number of esters is 1. The summed E-state index contributed by atoms with van der Waals surface area (Å²) in [4.78, 5) is 54.3. The SMILES string of the molecule is CC(C)CCC[C@@H](C)C1CCC2[C@@H]3CC=C4C[C@@H](OC(=O)CCC(=O)N(CCC(C)(C)NC(=O)OC(C)(C)C)CCC(C)(C)NC(=O)OC(C)(C)C)CCC4(C)C3CC[C@@]21C. The van der Waals surface area contributed by atoms with Crippen molar-refractivity contribution in [2.45, 2.75) is 229 Å². The van der Waals surface area contributed by atoms with Crippen LogP contribution in [-0.2, 0) is 23.8 Å². The van der Waals surface area contributed by atoms with Crippen molar-refractivity contribution >= 4 is 24.1 Å². The van der Waals surface area contributed by atoms with E-state index in [1.807, 2.05) is 69.2 Å². The smallest absolute Gasteiger partial charge is 0.408 e. The number of amides is 3. The quantitative estimate of drug-likeness (QED) is 0.0848. The average molecular weight is 856 g/mol. The minimum Gasteiger partial charge on any atom is -0.462 e. The van der Waals surface area contributed by atoms with Gasteiger partial charge in [-0.2, -0.15) is 0 Å². The van der Waals surface area contributed by atoms with Crippen LogP contribution in [0.25, 0.3) is 0 Å². The fourth-order valence-corrected chi connectivity index (χ4v) is 11.8. The van der Waals surface area contributed by atoms with Gasteiger partial charge in [-0.05, 0) is 173 Å². The zero-order chi connectivity index (χ0) is 45.8. The van der Waals surface area contributed by atoms with E-state index in [0.29, 0.717) is 37.3 Å². The van der Waals surface area contributed by atoms with Crippen molar-refractivity contribution in [3.8, 4) is 0 Å². The van der Waals surface area contributed by atoms with Crippen LogP contribution in [0.2, 0.25) is 0 Å². The molecule has 4 rings (SSSR count). The normalized spacial score (nSPS) is 28.4. The topological polar surface area (TPSA) is 123 Å². The second kappa shape index (κ2) is 19.9. The Morgan fingerprint density at radius 2 is 1.33 bits per heavy atom. The van der Waals surface area contributed by atoms with Gasteiger partial charge in [0.1, 0.15) is 17.3 Å². The third-order valence-corrected chi connectivity index (χ3v) is 15.1. The summed E-state index contributed by atoms with van der Waals surface area (Å²) in [5.41, 5.74) is -0.500. The average Bonchev–Trinajstić information content (AvgIpc) is 3.45. The molecule has 0 saturated heterocycles. The molecule has 0 aromatic rings. The van der Waals surface area contributed by atoms with Crippen LogP contribution in [0.5, 0.6) is 0 Å². The van der Waals surface area contributed by atoms with Crippen molar-refractivity contribution in [3.63, 3.8) is 0 Å². The lowest BCUT2D eigenvalue weighted by Gasteiger charge is -2.58. The van der Waals surface area contributed by atoms with E-state index in [0.717, 1.165) is 55.3 Å². The van der Waals surface area contributed by atoms with Gasteiger partial charge in [0.05, 0.1) is 6.42 Å². The standard InChI is InChI=1S/C51H89N3O7/c1-34(2)17-16-18-35(3)39-21-22-40-38-20-19-36-33-37(25-27-50(36,14)41(38)26-28-51(39,40)15)59-43(56)24-23-42(55)54(31-29-48(10,11)52-44(57)60-46(4,5)6)32-30-49(12,13)53-45(58)61-47(7,8)9/h19,34-35,37-41H,16-18,20-33H2,1-15H3,(H,52,57)(H,53,58)/t35-,37+,38+,39?,40?,41?,50?,51-/m1/s1. The van der Waals surface area contributed by atoms with Gasteiger partial charge in [0.15, 0.2) is 0 Å². The molecule has 0 bridgehead atoms. The van der Waals surface area contributed by atoms with Crippen LogP contribution in [0.1, 0.15) is 200 Å². The Balaban J connectivity index is 1.34. The number of nitrogens with one attached hydrogen (secondary N) is 2. The summed E-state index contributed by atoms with van der Waals surface area (Å²) in [6.07, 6.45) is 15.6. The summed E-state index contributed by atoms with van der Waals surface area (Å²) >= 11 is 0. The molecule has 10 nitrogen and oxygen atoms in total. The van der Waals surface area contributed by atoms with Gasteiger partial charge < -0.3 is 29.7 Å². The molecule has 0 radical (unpaired) electrons. The van der Waals surface area contributed by atoms with Crippen molar-refractivity contribution < 1.29 is 33.4 Å².